The van der Waals surface area contributed by atoms with Gasteiger partial charge in [-0.3, -0.25) is 9.59 Å². The Bertz CT molecular complexity index is 857. The van der Waals surface area contributed by atoms with Crippen molar-refractivity contribution < 1.29 is 19.4 Å². The highest BCUT2D eigenvalue weighted by Crippen LogP contribution is 2.28. The van der Waals surface area contributed by atoms with Crippen LogP contribution >= 0.6 is 0 Å². The van der Waals surface area contributed by atoms with E-state index in [1.807, 2.05) is 30.3 Å². The van der Waals surface area contributed by atoms with Crippen LogP contribution in [0, 0.1) is 26.7 Å². The van der Waals surface area contributed by atoms with E-state index in [1.165, 1.54) is 11.1 Å². The van der Waals surface area contributed by atoms with Crippen molar-refractivity contribution in [2.45, 2.75) is 33.6 Å². The van der Waals surface area contributed by atoms with Gasteiger partial charge in [-0.25, -0.2) is 0 Å². The van der Waals surface area contributed by atoms with E-state index in [1.54, 1.807) is 4.90 Å². The predicted molar refractivity (Wildman–Crippen MR) is 103 cm³/mol. The van der Waals surface area contributed by atoms with Crippen LogP contribution in [0.5, 0.6) is 11.5 Å². The Labute approximate surface area is 159 Å². The molecule has 27 heavy (non-hydrogen) atoms. The number of aryl methyl sites for hydroxylation is 2. The monoisotopic (exact) mass is 367 g/mol. The summed E-state index contributed by atoms with van der Waals surface area (Å²) in [7, 11) is 0. The summed E-state index contributed by atoms with van der Waals surface area (Å²) >= 11 is 0. The fourth-order valence-electron chi connectivity index (χ4n) is 3.38. The van der Waals surface area contributed by atoms with Crippen LogP contribution in [0.25, 0.3) is 0 Å². The standard InChI is InChI=1S/C22H25NO4/c1-14-10-15(2)16(3)20(11-14)27-19-6-4-17(5-7-19)8-9-23-13-18(22(25)26)12-21(23)24/h4-7,10-11,18H,8-9,12-13H2,1-3H3,(H,25,26). The van der Waals surface area contributed by atoms with Gasteiger partial charge in [0.15, 0.2) is 0 Å². The molecule has 0 radical (unpaired) electrons. The summed E-state index contributed by atoms with van der Waals surface area (Å²) in [5.41, 5.74) is 4.59. The van der Waals surface area contributed by atoms with Crippen LogP contribution < -0.4 is 4.74 Å². The van der Waals surface area contributed by atoms with Gasteiger partial charge in [0.1, 0.15) is 11.5 Å². The number of benzene rings is 2. The molecule has 0 aliphatic carbocycles. The molecule has 1 aliphatic rings. The van der Waals surface area contributed by atoms with E-state index < -0.39 is 11.9 Å². The van der Waals surface area contributed by atoms with Crippen molar-refractivity contribution in [2.75, 3.05) is 13.1 Å². The zero-order valence-electron chi connectivity index (χ0n) is 16.0. The van der Waals surface area contributed by atoms with Crippen LogP contribution in [0.15, 0.2) is 36.4 Å². The first-order chi connectivity index (χ1) is 12.8. The Morgan fingerprint density at radius 3 is 2.52 bits per heavy atom. The number of likely N-dealkylation sites (tertiary alicyclic amines) is 1. The van der Waals surface area contributed by atoms with Gasteiger partial charge >= 0.3 is 5.97 Å². The van der Waals surface area contributed by atoms with Crippen LogP contribution in [0.3, 0.4) is 0 Å². The Morgan fingerprint density at radius 2 is 1.89 bits per heavy atom. The summed E-state index contributed by atoms with van der Waals surface area (Å²) in [5.74, 6) is 0.0913. The number of carbonyl (C=O) groups excluding carboxylic acids is 1. The molecule has 1 aliphatic heterocycles. The lowest BCUT2D eigenvalue weighted by Gasteiger charge is -2.16. The summed E-state index contributed by atoms with van der Waals surface area (Å²) in [4.78, 5) is 24.6. The minimum absolute atomic E-state index is 0.0763. The van der Waals surface area contributed by atoms with Crippen molar-refractivity contribution in [3.63, 3.8) is 0 Å². The van der Waals surface area contributed by atoms with Gasteiger partial charge < -0.3 is 14.7 Å². The smallest absolute Gasteiger partial charge is 0.308 e. The van der Waals surface area contributed by atoms with Crippen molar-refractivity contribution in [1.82, 2.24) is 4.90 Å². The van der Waals surface area contributed by atoms with Gasteiger partial charge in [0, 0.05) is 19.5 Å². The fourth-order valence-corrected chi connectivity index (χ4v) is 3.38. The van der Waals surface area contributed by atoms with E-state index in [0.717, 1.165) is 22.6 Å². The molecule has 0 saturated carbocycles. The summed E-state index contributed by atoms with van der Waals surface area (Å²) in [6.07, 6.45) is 0.804. The zero-order valence-corrected chi connectivity index (χ0v) is 16.0. The van der Waals surface area contributed by atoms with E-state index in [2.05, 4.69) is 26.8 Å². The van der Waals surface area contributed by atoms with Crippen LogP contribution in [0.4, 0.5) is 0 Å². The number of aliphatic carboxylic acids is 1. The normalized spacial score (nSPS) is 16.6. The van der Waals surface area contributed by atoms with Gasteiger partial charge in [0.05, 0.1) is 5.92 Å². The molecule has 1 atom stereocenters. The highest BCUT2D eigenvalue weighted by Gasteiger charge is 2.33. The molecule has 5 nitrogen and oxygen atoms in total. The van der Waals surface area contributed by atoms with E-state index >= 15 is 0 Å². The molecule has 1 unspecified atom stereocenters. The number of ether oxygens (including phenoxy) is 1. The molecule has 2 aromatic rings. The maximum Gasteiger partial charge on any atom is 0.308 e. The maximum absolute atomic E-state index is 11.9. The molecule has 5 heteroatoms. The highest BCUT2D eigenvalue weighted by molar-refractivity contribution is 5.86. The lowest BCUT2D eigenvalue weighted by atomic mass is 10.1. The SMILES string of the molecule is Cc1cc(C)c(C)c(Oc2ccc(CCN3CC(C(=O)O)CC3=O)cc2)c1. The molecule has 2 aromatic carbocycles. The third-order valence-electron chi connectivity index (χ3n) is 5.15. The van der Waals surface area contributed by atoms with Crippen molar-refractivity contribution in [3.05, 3.63) is 58.7 Å². The van der Waals surface area contributed by atoms with Crippen molar-refractivity contribution in [1.29, 1.82) is 0 Å². The lowest BCUT2D eigenvalue weighted by molar-refractivity contribution is -0.141. The second kappa shape index (κ2) is 7.82. The van der Waals surface area contributed by atoms with Gasteiger partial charge in [-0.05, 0) is 67.6 Å². The van der Waals surface area contributed by atoms with Crippen molar-refractivity contribution in [2.24, 2.45) is 5.92 Å². The summed E-state index contributed by atoms with van der Waals surface area (Å²) in [5, 5.41) is 9.05. The molecule has 1 amide bonds. The second-order valence-corrected chi connectivity index (χ2v) is 7.28. The van der Waals surface area contributed by atoms with Gasteiger partial charge in [0.25, 0.3) is 0 Å². The van der Waals surface area contributed by atoms with Gasteiger partial charge in [-0.1, -0.05) is 18.2 Å². The average Bonchev–Trinajstić information content (AvgIpc) is 3.00. The quantitative estimate of drug-likeness (QED) is 0.841. The summed E-state index contributed by atoms with van der Waals surface area (Å²) in [6, 6.07) is 12.0. The zero-order chi connectivity index (χ0) is 19.6. The first-order valence-corrected chi connectivity index (χ1v) is 9.18. The van der Waals surface area contributed by atoms with Crippen LogP contribution in [0.2, 0.25) is 0 Å². The molecule has 3 rings (SSSR count). The number of carboxylic acid groups (broad SMARTS) is 1. The van der Waals surface area contributed by atoms with E-state index in [-0.39, 0.29) is 12.3 Å². The molecule has 1 N–H and O–H groups in total. The van der Waals surface area contributed by atoms with E-state index in [9.17, 15) is 9.59 Å². The van der Waals surface area contributed by atoms with Gasteiger partial charge in [0.2, 0.25) is 5.91 Å². The summed E-state index contributed by atoms with van der Waals surface area (Å²) < 4.78 is 6.03. The first-order valence-electron chi connectivity index (χ1n) is 9.18. The third-order valence-corrected chi connectivity index (χ3v) is 5.15. The lowest BCUT2D eigenvalue weighted by Crippen LogP contribution is -2.28. The second-order valence-electron chi connectivity index (χ2n) is 7.28. The predicted octanol–water partition coefficient (Wildman–Crippen LogP) is 3.88. The van der Waals surface area contributed by atoms with Gasteiger partial charge in [-0.15, -0.1) is 0 Å². The molecule has 1 heterocycles. The summed E-state index contributed by atoms with van der Waals surface area (Å²) in [6.45, 7) is 7.03. The molecule has 1 saturated heterocycles. The third kappa shape index (κ3) is 4.48. The molecular weight excluding hydrogens is 342 g/mol. The molecule has 142 valence electrons. The van der Waals surface area contributed by atoms with Crippen LogP contribution in [-0.2, 0) is 16.0 Å². The Morgan fingerprint density at radius 1 is 1.19 bits per heavy atom. The molecule has 0 spiro atoms. The Hall–Kier alpha value is -2.82. The molecule has 1 fully saturated rings. The minimum Gasteiger partial charge on any atom is -0.481 e. The first kappa shape index (κ1) is 19.0. The molecular formula is C22H25NO4. The van der Waals surface area contributed by atoms with Crippen LogP contribution in [-0.4, -0.2) is 35.0 Å². The van der Waals surface area contributed by atoms with Gasteiger partial charge in [-0.2, -0.15) is 0 Å². The average molecular weight is 367 g/mol. The van der Waals surface area contributed by atoms with E-state index in [0.29, 0.717) is 19.5 Å². The Balaban J connectivity index is 1.60. The van der Waals surface area contributed by atoms with Crippen LogP contribution in [0.1, 0.15) is 28.7 Å². The largest absolute Gasteiger partial charge is 0.481 e. The number of hydrogen-bond acceptors (Lipinski definition) is 3. The number of rotatable bonds is 6. The van der Waals surface area contributed by atoms with E-state index in [4.69, 9.17) is 9.84 Å². The number of hydrogen-bond donors (Lipinski definition) is 1. The minimum atomic E-state index is -0.894. The number of nitrogens with zero attached hydrogens (tertiary/aromatic N) is 1. The highest BCUT2D eigenvalue weighted by atomic mass is 16.5. The topological polar surface area (TPSA) is 66.8 Å². The number of carbonyl (C=O) groups is 2. The van der Waals surface area contributed by atoms with Crippen molar-refractivity contribution in [3.8, 4) is 11.5 Å². The Kier molecular flexibility index (Phi) is 5.49. The number of amides is 1. The maximum atomic E-state index is 11.9. The molecule has 0 bridgehead atoms. The number of carboxylic acids is 1. The van der Waals surface area contributed by atoms with Crippen molar-refractivity contribution >= 4 is 11.9 Å². The molecule has 0 aromatic heterocycles. The fraction of sp³-hybridized carbons (Fsp3) is 0.364.